The third kappa shape index (κ3) is 2.42. The van der Waals surface area contributed by atoms with Gasteiger partial charge in [-0.15, -0.1) is 11.3 Å². The summed E-state index contributed by atoms with van der Waals surface area (Å²) >= 11 is 1.63. The lowest BCUT2D eigenvalue weighted by atomic mass is 9.93. The molecule has 0 unspecified atom stereocenters. The molecule has 1 aliphatic heterocycles. The van der Waals surface area contributed by atoms with E-state index in [1.807, 2.05) is 37.4 Å². The third-order valence-corrected chi connectivity index (χ3v) is 5.10. The van der Waals surface area contributed by atoms with Crippen LogP contribution in [0.15, 0.2) is 36.7 Å². The molecule has 0 bridgehead atoms. The van der Waals surface area contributed by atoms with E-state index in [0.717, 1.165) is 15.3 Å². The predicted molar refractivity (Wildman–Crippen MR) is 83.2 cm³/mol. The molecule has 1 saturated heterocycles. The first kappa shape index (κ1) is 13.8. The molecule has 1 fully saturated rings. The van der Waals surface area contributed by atoms with Gasteiger partial charge in [-0.1, -0.05) is 6.07 Å². The van der Waals surface area contributed by atoms with Crippen molar-refractivity contribution in [3.63, 3.8) is 0 Å². The molecule has 2 aromatic heterocycles. The minimum absolute atomic E-state index is 0.0439. The number of carbonyl (C=O) groups is 1. The summed E-state index contributed by atoms with van der Waals surface area (Å²) in [5.74, 6) is 0.0997. The normalized spacial score (nSPS) is 22.3. The smallest absolute Gasteiger partial charge is 0.231 e. The molecule has 5 nitrogen and oxygen atoms in total. The van der Waals surface area contributed by atoms with E-state index in [9.17, 15) is 4.79 Å². The second kappa shape index (κ2) is 4.96. The highest BCUT2D eigenvalue weighted by molar-refractivity contribution is 7.15. The van der Waals surface area contributed by atoms with Crippen LogP contribution in [-0.2, 0) is 10.3 Å². The van der Waals surface area contributed by atoms with E-state index in [1.54, 1.807) is 24.6 Å². The molecule has 0 aromatic carbocycles. The van der Waals surface area contributed by atoms with Gasteiger partial charge in [-0.05, 0) is 25.1 Å². The Kier molecular flexibility index (Phi) is 3.25. The second-order valence-corrected chi connectivity index (χ2v) is 6.42. The molecule has 0 aliphatic carbocycles. The molecular weight excluding hydrogens is 284 g/mol. The van der Waals surface area contributed by atoms with Crippen molar-refractivity contribution in [2.45, 2.75) is 18.9 Å². The molecule has 1 amide bonds. The maximum atomic E-state index is 12.0. The van der Waals surface area contributed by atoms with Gasteiger partial charge in [0.1, 0.15) is 0 Å². The van der Waals surface area contributed by atoms with E-state index < -0.39 is 5.54 Å². The molecule has 3 rings (SSSR count). The Balaban J connectivity index is 1.93. The molecule has 108 valence electrons. The van der Waals surface area contributed by atoms with Crippen LogP contribution in [0.4, 0.5) is 0 Å². The number of guanidine groups is 1. The summed E-state index contributed by atoms with van der Waals surface area (Å²) in [7, 11) is 1.62. The van der Waals surface area contributed by atoms with Crippen LogP contribution in [0.1, 0.15) is 18.2 Å². The van der Waals surface area contributed by atoms with Crippen LogP contribution < -0.4 is 5.32 Å². The average molecular weight is 300 g/mol. The van der Waals surface area contributed by atoms with Crippen molar-refractivity contribution >= 4 is 23.2 Å². The zero-order valence-electron chi connectivity index (χ0n) is 11.9. The summed E-state index contributed by atoms with van der Waals surface area (Å²) in [4.78, 5) is 19.6. The number of pyridine rings is 1. The molecular formula is C15H16N4OS. The van der Waals surface area contributed by atoms with Crippen LogP contribution in [0.3, 0.4) is 0 Å². The van der Waals surface area contributed by atoms with Gasteiger partial charge >= 0.3 is 0 Å². The fourth-order valence-corrected chi connectivity index (χ4v) is 3.48. The van der Waals surface area contributed by atoms with Crippen LogP contribution in [0.25, 0.3) is 10.4 Å². The van der Waals surface area contributed by atoms with E-state index in [0.29, 0.717) is 6.42 Å². The van der Waals surface area contributed by atoms with Crippen molar-refractivity contribution in [1.82, 2.24) is 15.2 Å². The highest BCUT2D eigenvalue weighted by Crippen LogP contribution is 2.37. The fraction of sp³-hybridized carbons (Fsp3) is 0.267. The molecule has 2 N–H and O–H groups in total. The van der Waals surface area contributed by atoms with E-state index in [-0.39, 0.29) is 11.9 Å². The Hall–Kier alpha value is -2.21. The Labute approximate surface area is 127 Å². The Morgan fingerprint density at radius 3 is 2.90 bits per heavy atom. The number of rotatable bonds is 2. The van der Waals surface area contributed by atoms with Gasteiger partial charge in [0.05, 0.1) is 12.0 Å². The molecule has 0 radical (unpaired) electrons. The largest absolute Gasteiger partial charge is 0.345 e. The average Bonchev–Trinajstić information content (AvgIpc) is 2.96. The Bertz CT molecular complexity index is 677. The third-order valence-electron chi connectivity index (χ3n) is 3.70. The van der Waals surface area contributed by atoms with Gasteiger partial charge in [0.25, 0.3) is 0 Å². The highest BCUT2D eigenvalue weighted by atomic mass is 32.1. The lowest BCUT2D eigenvalue weighted by Gasteiger charge is -2.38. The summed E-state index contributed by atoms with van der Waals surface area (Å²) in [6.45, 7) is 1.96. The van der Waals surface area contributed by atoms with Crippen LogP contribution >= 0.6 is 11.3 Å². The van der Waals surface area contributed by atoms with Crippen molar-refractivity contribution in [2.24, 2.45) is 0 Å². The Morgan fingerprint density at radius 1 is 1.43 bits per heavy atom. The minimum atomic E-state index is -0.522. The van der Waals surface area contributed by atoms with E-state index in [2.05, 4.69) is 10.3 Å². The molecule has 0 spiro atoms. The summed E-state index contributed by atoms with van der Waals surface area (Å²) in [6.07, 6.45) is 3.92. The lowest BCUT2D eigenvalue weighted by molar-refractivity contribution is -0.129. The van der Waals surface area contributed by atoms with Gasteiger partial charge in [0.2, 0.25) is 5.91 Å². The van der Waals surface area contributed by atoms with Crippen LogP contribution in [-0.4, -0.2) is 28.8 Å². The van der Waals surface area contributed by atoms with Crippen molar-refractivity contribution in [3.05, 3.63) is 41.5 Å². The van der Waals surface area contributed by atoms with Gasteiger partial charge in [0.15, 0.2) is 5.96 Å². The second-order valence-electron chi connectivity index (χ2n) is 5.34. The van der Waals surface area contributed by atoms with Gasteiger partial charge < -0.3 is 5.32 Å². The van der Waals surface area contributed by atoms with Crippen LogP contribution in [0, 0.1) is 5.41 Å². The zero-order valence-corrected chi connectivity index (χ0v) is 12.7. The fourth-order valence-electron chi connectivity index (χ4n) is 2.38. The van der Waals surface area contributed by atoms with Crippen molar-refractivity contribution in [2.75, 3.05) is 7.05 Å². The standard InChI is InChI=1S/C15H16N4OS/c1-15(8-13(20)19(2)14(16)18-15)12-6-5-11(21-12)10-4-3-7-17-9-10/h3-7,9H,8H2,1-2H3,(H2,16,18)/t15-/m0/s1. The topological polar surface area (TPSA) is 69.1 Å². The number of amides is 1. The van der Waals surface area contributed by atoms with Gasteiger partial charge in [-0.2, -0.15) is 0 Å². The first-order valence-corrected chi connectivity index (χ1v) is 7.45. The molecule has 1 atom stereocenters. The number of hydrogen-bond acceptors (Lipinski definition) is 4. The monoisotopic (exact) mass is 300 g/mol. The van der Waals surface area contributed by atoms with E-state index in [1.165, 1.54) is 4.90 Å². The van der Waals surface area contributed by atoms with Gasteiger partial charge in [-0.25, -0.2) is 0 Å². The zero-order chi connectivity index (χ0) is 15.0. The molecule has 1 aliphatic rings. The lowest BCUT2D eigenvalue weighted by Crippen LogP contribution is -2.57. The van der Waals surface area contributed by atoms with E-state index in [4.69, 9.17) is 5.41 Å². The number of thiophene rings is 1. The molecule has 0 saturated carbocycles. The number of hydrogen-bond donors (Lipinski definition) is 2. The molecule has 3 heterocycles. The molecule has 2 aromatic rings. The van der Waals surface area contributed by atoms with Crippen LogP contribution in [0.5, 0.6) is 0 Å². The maximum absolute atomic E-state index is 12.0. The molecule has 6 heteroatoms. The van der Waals surface area contributed by atoms with E-state index >= 15 is 0 Å². The summed E-state index contributed by atoms with van der Waals surface area (Å²) < 4.78 is 0. The van der Waals surface area contributed by atoms with Crippen molar-refractivity contribution in [1.29, 1.82) is 5.41 Å². The number of nitrogens with zero attached hydrogens (tertiary/aromatic N) is 2. The minimum Gasteiger partial charge on any atom is -0.345 e. The summed E-state index contributed by atoms with van der Waals surface area (Å²) in [5, 5.41) is 11.0. The maximum Gasteiger partial charge on any atom is 0.231 e. The molecule has 21 heavy (non-hydrogen) atoms. The number of aromatic nitrogens is 1. The number of nitrogens with one attached hydrogen (secondary N) is 2. The van der Waals surface area contributed by atoms with Crippen molar-refractivity contribution < 1.29 is 4.79 Å². The summed E-state index contributed by atoms with van der Waals surface area (Å²) in [6, 6.07) is 7.98. The highest BCUT2D eigenvalue weighted by Gasteiger charge is 2.38. The Morgan fingerprint density at radius 2 is 2.24 bits per heavy atom. The summed E-state index contributed by atoms with van der Waals surface area (Å²) in [5.41, 5.74) is 0.540. The van der Waals surface area contributed by atoms with Crippen molar-refractivity contribution in [3.8, 4) is 10.4 Å². The van der Waals surface area contributed by atoms with Gasteiger partial charge in [0, 0.05) is 34.8 Å². The first-order valence-electron chi connectivity index (χ1n) is 6.64. The number of carbonyl (C=O) groups excluding carboxylic acids is 1. The SMILES string of the molecule is CN1C(=N)N[C@](C)(c2ccc(-c3cccnc3)s2)CC1=O. The van der Waals surface area contributed by atoms with Gasteiger partial charge in [-0.3, -0.25) is 20.1 Å². The quantitative estimate of drug-likeness (QED) is 0.895. The predicted octanol–water partition coefficient (Wildman–Crippen LogP) is 2.41. The first-order chi connectivity index (χ1) is 9.99. The van der Waals surface area contributed by atoms with Crippen LogP contribution in [0.2, 0.25) is 0 Å².